The summed E-state index contributed by atoms with van der Waals surface area (Å²) in [7, 11) is 0. The number of nitrogens with zero attached hydrogens (tertiary/aromatic N) is 4. The summed E-state index contributed by atoms with van der Waals surface area (Å²) in [6.45, 7) is 0.0342. The van der Waals surface area contributed by atoms with Crippen LogP contribution in [-0.2, 0) is 0 Å². The van der Waals surface area contributed by atoms with Crippen LogP contribution in [0.25, 0.3) is 5.69 Å². The topological polar surface area (TPSA) is 92.9 Å². The Morgan fingerprint density at radius 2 is 1.96 bits per heavy atom. The molecule has 1 heterocycles. The Morgan fingerprint density at radius 3 is 2.71 bits per heavy atom. The van der Waals surface area contributed by atoms with Crippen molar-refractivity contribution in [1.82, 2.24) is 25.5 Å². The lowest BCUT2D eigenvalue weighted by atomic mass is 10.1. The molecule has 0 aliphatic carbocycles. The van der Waals surface area contributed by atoms with Gasteiger partial charge in [0.2, 0.25) is 0 Å². The number of carbonyl (C=O) groups excluding carboxylic acids is 1. The third-order valence-electron chi connectivity index (χ3n) is 3.46. The fourth-order valence-corrected chi connectivity index (χ4v) is 2.54. The highest BCUT2D eigenvalue weighted by molar-refractivity contribution is 6.31. The van der Waals surface area contributed by atoms with Gasteiger partial charge in [-0.15, -0.1) is 5.10 Å². The van der Waals surface area contributed by atoms with E-state index in [-0.39, 0.29) is 12.5 Å². The molecule has 0 saturated carbocycles. The maximum atomic E-state index is 12.4. The van der Waals surface area contributed by atoms with Crippen LogP contribution < -0.4 is 5.32 Å². The average Bonchev–Trinajstić information content (AvgIpc) is 3.14. The SMILES string of the molecule is O=C(NCC(O)c1ccccc1Cl)c1ccccc1-n1cnnn1. The van der Waals surface area contributed by atoms with Crippen LogP contribution >= 0.6 is 11.6 Å². The summed E-state index contributed by atoms with van der Waals surface area (Å²) < 4.78 is 1.40. The van der Waals surface area contributed by atoms with E-state index in [0.29, 0.717) is 21.8 Å². The number of amides is 1. The van der Waals surface area contributed by atoms with E-state index in [1.807, 2.05) is 0 Å². The van der Waals surface area contributed by atoms with Crippen LogP contribution in [0, 0.1) is 0 Å². The molecule has 8 heteroatoms. The molecule has 1 atom stereocenters. The second-order valence-electron chi connectivity index (χ2n) is 5.02. The molecule has 7 nitrogen and oxygen atoms in total. The summed E-state index contributed by atoms with van der Waals surface area (Å²) in [6, 6.07) is 13.9. The first-order valence-corrected chi connectivity index (χ1v) is 7.57. The van der Waals surface area contributed by atoms with E-state index in [2.05, 4.69) is 20.8 Å². The molecule has 24 heavy (non-hydrogen) atoms. The molecule has 2 N–H and O–H groups in total. The first-order valence-electron chi connectivity index (χ1n) is 7.20. The van der Waals surface area contributed by atoms with Crippen molar-refractivity contribution in [1.29, 1.82) is 0 Å². The predicted molar refractivity (Wildman–Crippen MR) is 87.9 cm³/mol. The number of para-hydroxylation sites is 1. The molecule has 122 valence electrons. The number of benzene rings is 2. The molecule has 1 unspecified atom stereocenters. The zero-order valence-electron chi connectivity index (χ0n) is 12.5. The summed E-state index contributed by atoms with van der Waals surface area (Å²) >= 11 is 6.05. The number of hydrogen-bond donors (Lipinski definition) is 2. The van der Waals surface area contributed by atoms with Crippen LogP contribution in [0.4, 0.5) is 0 Å². The van der Waals surface area contributed by atoms with E-state index in [1.54, 1.807) is 48.5 Å². The Labute approximate surface area is 142 Å². The summed E-state index contributed by atoms with van der Waals surface area (Å²) in [4.78, 5) is 12.4. The third-order valence-corrected chi connectivity index (χ3v) is 3.81. The van der Waals surface area contributed by atoms with Gasteiger partial charge < -0.3 is 10.4 Å². The molecule has 0 radical (unpaired) electrons. The van der Waals surface area contributed by atoms with Gasteiger partial charge in [-0.3, -0.25) is 4.79 Å². The number of hydrogen-bond acceptors (Lipinski definition) is 5. The Hall–Kier alpha value is -2.77. The van der Waals surface area contributed by atoms with Gasteiger partial charge in [0, 0.05) is 17.1 Å². The number of aliphatic hydroxyl groups is 1. The minimum absolute atomic E-state index is 0.0342. The van der Waals surface area contributed by atoms with Gasteiger partial charge in [0.05, 0.1) is 17.4 Å². The molecule has 3 aromatic rings. The number of tetrazole rings is 1. The van der Waals surface area contributed by atoms with E-state index in [0.717, 1.165) is 0 Å². The fraction of sp³-hybridized carbons (Fsp3) is 0.125. The van der Waals surface area contributed by atoms with E-state index in [4.69, 9.17) is 11.6 Å². The van der Waals surface area contributed by atoms with E-state index >= 15 is 0 Å². The number of halogens is 1. The number of rotatable bonds is 5. The molecule has 0 aliphatic rings. The molecular weight excluding hydrogens is 330 g/mol. The lowest BCUT2D eigenvalue weighted by Gasteiger charge is -2.14. The molecule has 0 bridgehead atoms. The van der Waals surface area contributed by atoms with Gasteiger partial charge in [-0.25, -0.2) is 0 Å². The van der Waals surface area contributed by atoms with Gasteiger partial charge >= 0.3 is 0 Å². The summed E-state index contributed by atoms with van der Waals surface area (Å²) in [5.74, 6) is -0.341. The molecule has 2 aromatic carbocycles. The minimum Gasteiger partial charge on any atom is -0.387 e. The Morgan fingerprint density at radius 1 is 1.21 bits per heavy atom. The van der Waals surface area contributed by atoms with Gasteiger partial charge in [-0.05, 0) is 28.6 Å². The lowest BCUT2D eigenvalue weighted by Crippen LogP contribution is -2.29. The zero-order chi connectivity index (χ0) is 16.9. The number of aromatic nitrogens is 4. The van der Waals surface area contributed by atoms with Crippen LogP contribution in [0.15, 0.2) is 54.9 Å². The van der Waals surface area contributed by atoms with Gasteiger partial charge in [0.25, 0.3) is 5.91 Å². The van der Waals surface area contributed by atoms with Gasteiger partial charge in [-0.2, -0.15) is 4.68 Å². The molecule has 0 saturated heterocycles. The second kappa shape index (κ2) is 7.20. The zero-order valence-corrected chi connectivity index (χ0v) is 13.3. The highest BCUT2D eigenvalue weighted by Gasteiger charge is 2.16. The molecule has 0 aliphatic heterocycles. The number of aliphatic hydroxyl groups excluding tert-OH is 1. The van der Waals surface area contributed by atoms with Crippen LogP contribution in [0.5, 0.6) is 0 Å². The van der Waals surface area contributed by atoms with Crippen molar-refractivity contribution < 1.29 is 9.90 Å². The molecule has 1 amide bonds. The Kier molecular flexibility index (Phi) is 4.83. The van der Waals surface area contributed by atoms with Crippen LogP contribution in [0.3, 0.4) is 0 Å². The molecule has 0 fully saturated rings. The monoisotopic (exact) mass is 343 g/mol. The second-order valence-corrected chi connectivity index (χ2v) is 5.43. The number of nitrogens with one attached hydrogen (secondary N) is 1. The molecular formula is C16H14ClN5O2. The van der Waals surface area contributed by atoms with E-state index in [1.165, 1.54) is 11.0 Å². The van der Waals surface area contributed by atoms with Crippen molar-refractivity contribution in [3.05, 3.63) is 71.0 Å². The standard InChI is InChI=1S/C16H14ClN5O2/c17-13-7-3-1-5-11(13)15(23)9-18-16(24)12-6-2-4-8-14(12)22-10-19-20-21-22/h1-8,10,15,23H,9H2,(H,18,24). The normalized spacial score (nSPS) is 11.9. The third kappa shape index (κ3) is 3.42. The average molecular weight is 344 g/mol. The highest BCUT2D eigenvalue weighted by Crippen LogP contribution is 2.22. The quantitative estimate of drug-likeness (QED) is 0.736. The van der Waals surface area contributed by atoms with Crippen molar-refractivity contribution in [3.8, 4) is 5.69 Å². The predicted octanol–water partition coefficient (Wildman–Crippen LogP) is 1.78. The smallest absolute Gasteiger partial charge is 0.253 e. The molecule has 1 aromatic heterocycles. The van der Waals surface area contributed by atoms with Crippen LogP contribution in [0.1, 0.15) is 22.0 Å². The number of carbonyl (C=O) groups is 1. The minimum atomic E-state index is -0.900. The van der Waals surface area contributed by atoms with Crippen molar-refractivity contribution in [2.45, 2.75) is 6.10 Å². The fourth-order valence-electron chi connectivity index (χ4n) is 2.28. The van der Waals surface area contributed by atoms with Crippen LogP contribution in [0.2, 0.25) is 5.02 Å². The molecule has 0 spiro atoms. The summed E-state index contributed by atoms with van der Waals surface area (Å²) in [5.41, 5.74) is 1.51. The van der Waals surface area contributed by atoms with Crippen molar-refractivity contribution in [2.75, 3.05) is 6.54 Å². The van der Waals surface area contributed by atoms with Gasteiger partial charge in [0.1, 0.15) is 6.33 Å². The van der Waals surface area contributed by atoms with Crippen molar-refractivity contribution in [3.63, 3.8) is 0 Å². The van der Waals surface area contributed by atoms with Crippen LogP contribution in [-0.4, -0.2) is 37.8 Å². The first kappa shape index (κ1) is 16.1. The Balaban J connectivity index is 1.74. The lowest BCUT2D eigenvalue weighted by molar-refractivity contribution is 0.0916. The maximum absolute atomic E-state index is 12.4. The van der Waals surface area contributed by atoms with Crippen molar-refractivity contribution in [2.24, 2.45) is 0 Å². The highest BCUT2D eigenvalue weighted by atomic mass is 35.5. The summed E-state index contributed by atoms with van der Waals surface area (Å²) in [6.07, 6.45) is 0.507. The van der Waals surface area contributed by atoms with Gasteiger partial charge in [-0.1, -0.05) is 41.9 Å². The van der Waals surface area contributed by atoms with E-state index in [9.17, 15) is 9.90 Å². The Bertz CT molecular complexity index is 838. The maximum Gasteiger partial charge on any atom is 0.253 e. The largest absolute Gasteiger partial charge is 0.387 e. The van der Waals surface area contributed by atoms with E-state index < -0.39 is 6.10 Å². The first-order chi connectivity index (χ1) is 11.7. The van der Waals surface area contributed by atoms with Gasteiger partial charge in [0.15, 0.2) is 0 Å². The summed E-state index contributed by atoms with van der Waals surface area (Å²) in [5, 5.41) is 24.3. The van der Waals surface area contributed by atoms with Crippen molar-refractivity contribution >= 4 is 17.5 Å². The molecule has 3 rings (SSSR count).